The number of nitrogens with zero attached hydrogens (tertiary/aromatic N) is 1. The minimum absolute atomic E-state index is 0.0990. The van der Waals surface area contributed by atoms with Crippen LogP contribution in [-0.4, -0.2) is 0 Å². The third-order valence-electron chi connectivity index (χ3n) is 12.4. The van der Waals surface area contributed by atoms with Gasteiger partial charge in [0.05, 0.1) is 11.0 Å². The molecule has 0 heterocycles. The largest absolute Gasteiger partial charge is 0.311 e. The normalized spacial score (nSPS) is 13.1. The average Bonchev–Trinajstić information content (AvgIpc) is 3.44. The van der Waals surface area contributed by atoms with E-state index in [-0.39, 0.29) is 46.7 Å². The third-order valence-corrected chi connectivity index (χ3v) is 12.4. The van der Waals surface area contributed by atoms with Crippen LogP contribution in [0.3, 0.4) is 0 Å². The van der Waals surface area contributed by atoms with Gasteiger partial charge in [0.2, 0.25) is 0 Å². The maximum atomic E-state index is 9.85. The van der Waals surface area contributed by atoms with Gasteiger partial charge in [-0.3, -0.25) is 0 Å². The molecule has 0 aliphatic rings. The van der Waals surface area contributed by atoms with E-state index in [1.165, 1.54) is 4.90 Å². The molecule has 0 N–H and O–H groups in total. The summed E-state index contributed by atoms with van der Waals surface area (Å²) < 4.78 is 77.8. The van der Waals surface area contributed by atoms with E-state index in [2.05, 4.69) is 60.7 Å². The summed E-state index contributed by atoms with van der Waals surface area (Å²) in [7, 11) is 0. The average molecular weight is 834 g/mol. The summed E-state index contributed by atoms with van der Waals surface area (Å²) in [5.74, 6) is 0. The SMILES string of the molecule is [2H]c1c([2H])c(N(c2ccc(-c3cc4ccccc4c4ccccc34)cc2)c2c([2H])c([2H])c(-c3ccc4ccccc4c3-c3ccccc3)c([2H])c2[2H])c([2H])c([2H])c1-c1ccc(-c2ccc3ccccc3c2)cc1. The number of hydrogen-bond donors (Lipinski definition) is 0. The fourth-order valence-corrected chi connectivity index (χ4v) is 9.16. The molecule has 0 aliphatic heterocycles. The molecule has 304 valence electrons. The van der Waals surface area contributed by atoms with Crippen molar-refractivity contribution in [1.29, 1.82) is 0 Å². The van der Waals surface area contributed by atoms with Crippen LogP contribution < -0.4 is 4.90 Å². The van der Waals surface area contributed by atoms with Crippen molar-refractivity contribution in [1.82, 2.24) is 0 Å². The summed E-state index contributed by atoms with van der Waals surface area (Å²) in [6, 6.07) is 66.3. The van der Waals surface area contributed by atoms with Gasteiger partial charge < -0.3 is 4.90 Å². The Balaban J connectivity index is 1.05. The lowest BCUT2D eigenvalue weighted by Gasteiger charge is -2.26. The Morgan fingerprint density at radius 3 is 1.46 bits per heavy atom. The summed E-state index contributed by atoms with van der Waals surface area (Å²) >= 11 is 0. The van der Waals surface area contributed by atoms with E-state index >= 15 is 0 Å². The summed E-state index contributed by atoms with van der Waals surface area (Å²) in [6.07, 6.45) is 0. The van der Waals surface area contributed by atoms with E-state index in [1.807, 2.05) is 127 Å². The fraction of sp³-hybridized carbons (Fsp3) is 0. The number of anilines is 3. The molecule has 0 bridgehead atoms. The highest BCUT2D eigenvalue weighted by molar-refractivity contribution is 6.14. The van der Waals surface area contributed by atoms with Crippen LogP contribution in [0.4, 0.5) is 17.1 Å². The Bertz CT molecular complexity index is 4120. The van der Waals surface area contributed by atoms with Crippen molar-refractivity contribution >= 4 is 60.2 Å². The molecule has 0 unspecified atom stereocenters. The molecule has 0 saturated heterocycles. The van der Waals surface area contributed by atoms with E-state index in [9.17, 15) is 11.0 Å². The van der Waals surface area contributed by atoms with Gasteiger partial charge in [0.15, 0.2) is 0 Å². The maximum absolute atomic E-state index is 9.85. The summed E-state index contributed by atoms with van der Waals surface area (Å²) in [5, 5.41) is 8.41. The highest BCUT2D eigenvalue weighted by Gasteiger charge is 2.17. The molecule has 1 heteroatoms. The molecule has 1 nitrogen and oxygen atoms in total. The van der Waals surface area contributed by atoms with Gasteiger partial charge in [-0.2, -0.15) is 0 Å². The van der Waals surface area contributed by atoms with E-state index in [0.717, 1.165) is 76.5 Å². The van der Waals surface area contributed by atoms with E-state index in [1.54, 1.807) is 24.3 Å². The molecule has 0 spiro atoms. The molecular weight excluding hydrogens is 783 g/mol. The lowest BCUT2D eigenvalue weighted by Crippen LogP contribution is -2.09. The Kier molecular flexibility index (Phi) is 7.66. The van der Waals surface area contributed by atoms with Crippen LogP contribution >= 0.6 is 0 Å². The van der Waals surface area contributed by atoms with Gasteiger partial charge in [0.25, 0.3) is 0 Å². The molecule has 0 atom stereocenters. The zero-order valence-corrected chi connectivity index (χ0v) is 35.2. The van der Waals surface area contributed by atoms with Crippen LogP contribution in [0.1, 0.15) is 11.0 Å². The molecule has 65 heavy (non-hydrogen) atoms. The monoisotopic (exact) mass is 833 g/mol. The first-order valence-electron chi connectivity index (χ1n) is 25.8. The Hall–Kier alpha value is -8.52. The fourth-order valence-electron chi connectivity index (χ4n) is 9.16. The van der Waals surface area contributed by atoms with Crippen LogP contribution in [0, 0.1) is 0 Å². The molecule has 12 rings (SSSR count). The Morgan fingerprint density at radius 1 is 0.246 bits per heavy atom. The molecule has 0 radical (unpaired) electrons. The first kappa shape index (κ1) is 30.5. The lowest BCUT2D eigenvalue weighted by atomic mass is 9.90. The third kappa shape index (κ3) is 7.10. The predicted octanol–water partition coefficient (Wildman–Crippen LogP) is 18.1. The molecular formula is C64H43N. The Morgan fingerprint density at radius 2 is 0.754 bits per heavy atom. The van der Waals surface area contributed by atoms with Gasteiger partial charge in [-0.05, 0) is 147 Å². The van der Waals surface area contributed by atoms with Crippen molar-refractivity contribution in [3.63, 3.8) is 0 Å². The van der Waals surface area contributed by atoms with Gasteiger partial charge in [-0.25, -0.2) is 0 Å². The van der Waals surface area contributed by atoms with E-state index in [0.29, 0.717) is 16.8 Å². The van der Waals surface area contributed by atoms with Gasteiger partial charge in [0.1, 0.15) is 0 Å². The van der Waals surface area contributed by atoms with Crippen molar-refractivity contribution < 1.29 is 11.0 Å². The number of hydrogen-bond acceptors (Lipinski definition) is 1. The lowest BCUT2D eigenvalue weighted by molar-refractivity contribution is 1.28. The first-order chi connectivity index (χ1) is 35.6. The van der Waals surface area contributed by atoms with Gasteiger partial charge in [0, 0.05) is 17.1 Å². The summed E-state index contributed by atoms with van der Waals surface area (Å²) in [6.45, 7) is 0. The number of benzene rings is 12. The second-order valence-corrected chi connectivity index (χ2v) is 16.2. The number of rotatable bonds is 8. The molecule has 0 aliphatic carbocycles. The van der Waals surface area contributed by atoms with Gasteiger partial charge in [-0.1, -0.05) is 212 Å². The second kappa shape index (κ2) is 16.3. The summed E-state index contributed by atoms with van der Waals surface area (Å²) in [4.78, 5) is 1.37. The molecule has 0 amide bonds. The standard InChI is InChI=1S/C64H43N/c1-2-14-51(15-3-1)64-59-19-9-6-13-48(59)34-41-60(64)49-30-37-56(38-31-49)65(57-39-32-50(33-40-57)63-43-54-17-7-8-18-58(54)61-20-10-11-21-62(61)63)55-35-28-46(29-36-55)45-22-24-47(25-23-45)53-27-26-44-12-4-5-16-52(44)42-53/h1-43H/i28D,29D,30D,31D,35D,36D,37D,38D. The quantitative estimate of drug-likeness (QED) is 0.138. The van der Waals surface area contributed by atoms with Crippen molar-refractivity contribution in [2.45, 2.75) is 0 Å². The minimum atomic E-state index is -0.405. The predicted molar refractivity (Wildman–Crippen MR) is 278 cm³/mol. The highest BCUT2D eigenvalue weighted by atomic mass is 15.1. The Labute approximate surface area is 391 Å². The topological polar surface area (TPSA) is 3.24 Å². The van der Waals surface area contributed by atoms with Crippen LogP contribution in [-0.2, 0) is 0 Å². The molecule has 12 aromatic rings. The molecule has 0 fully saturated rings. The zero-order valence-electron chi connectivity index (χ0n) is 43.2. The van der Waals surface area contributed by atoms with Gasteiger partial charge in [-0.15, -0.1) is 0 Å². The van der Waals surface area contributed by atoms with Crippen molar-refractivity contribution in [3.8, 4) is 55.6 Å². The van der Waals surface area contributed by atoms with Crippen LogP contribution in [0.25, 0.3) is 98.7 Å². The van der Waals surface area contributed by atoms with Crippen molar-refractivity contribution in [3.05, 3.63) is 261 Å². The van der Waals surface area contributed by atoms with Crippen molar-refractivity contribution in [2.24, 2.45) is 0 Å². The summed E-state index contributed by atoms with van der Waals surface area (Å²) in [5.41, 5.74) is 6.51. The zero-order chi connectivity index (χ0) is 50.1. The maximum Gasteiger partial charge on any atom is 0.0645 e. The molecule has 0 saturated carbocycles. The number of fused-ring (bicyclic) bond motifs is 5. The molecule has 0 aromatic heterocycles. The van der Waals surface area contributed by atoms with Gasteiger partial charge >= 0.3 is 0 Å². The van der Waals surface area contributed by atoms with Crippen molar-refractivity contribution in [2.75, 3.05) is 4.90 Å². The van der Waals surface area contributed by atoms with E-state index < -0.39 is 24.2 Å². The smallest absolute Gasteiger partial charge is 0.0645 e. The van der Waals surface area contributed by atoms with Crippen LogP contribution in [0.2, 0.25) is 0 Å². The second-order valence-electron chi connectivity index (χ2n) is 16.2. The van der Waals surface area contributed by atoms with E-state index in [4.69, 9.17) is 0 Å². The van der Waals surface area contributed by atoms with Crippen LogP contribution in [0.5, 0.6) is 0 Å². The molecule has 12 aromatic carbocycles. The first-order valence-corrected chi connectivity index (χ1v) is 21.8. The van der Waals surface area contributed by atoms with Crippen LogP contribution in [0.15, 0.2) is 261 Å². The minimum Gasteiger partial charge on any atom is -0.311 e. The highest BCUT2D eigenvalue weighted by Crippen LogP contribution is 2.42.